The Balaban J connectivity index is 1.61. The summed E-state index contributed by atoms with van der Waals surface area (Å²) in [6, 6.07) is 11.8. The number of nitrogens with one attached hydrogen (secondary N) is 1. The molecule has 0 saturated heterocycles. The third kappa shape index (κ3) is 3.39. The molecular weight excluding hydrogens is 362 g/mol. The van der Waals surface area contributed by atoms with Crippen LogP contribution in [0.3, 0.4) is 0 Å². The summed E-state index contributed by atoms with van der Waals surface area (Å²) in [4.78, 5) is 30.2. The molecule has 0 atom stereocenters. The van der Waals surface area contributed by atoms with E-state index in [-0.39, 0.29) is 17.6 Å². The summed E-state index contributed by atoms with van der Waals surface area (Å²) in [7, 11) is 0. The van der Waals surface area contributed by atoms with Crippen molar-refractivity contribution in [2.24, 2.45) is 5.92 Å². The highest BCUT2D eigenvalue weighted by Gasteiger charge is 2.31. The fourth-order valence-corrected chi connectivity index (χ4v) is 3.83. The van der Waals surface area contributed by atoms with E-state index in [2.05, 4.69) is 10.3 Å². The molecule has 1 fully saturated rings. The maximum absolute atomic E-state index is 12.8. The van der Waals surface area contributed by atoms with Crippen LogP contribution in [0.2, 0.25) is 0 Å². The summed E-state index contributed by atoms with van der Waals surface area (Å²) in [5.74, 6) is 0.250. The first-order valence-corrected chi connectivity index (χ1v) is 9.38. The van der Waals surface area contributed by atoms with Gasteiger partial charge < -0.3 is 4.42 Å². The van der Waals surface area contributed by atoms with Gasteiger partial charge in [-0.05, 0) is 49.2 Å². The third-order valence-corrected chi connectivity index (χ3v) is 5.56. The van der Waals surface area contributed by atoms with Gasteiger partial charge in [0.15, 0.2) is 16.7 Å². The molecule has 3 aromatic rings. The maximum atomic E-state index is 12.8. The van der Waals surface area contributed by atoms with E-state index in [1.165, 1.54) is 17.6 Å². The number of furan rings is 1. The first-order chi connectivity index (χ1) is 13.2. The molecule has 0 bridgehead atoms. The van der Waals surface area contributed by atoms with Crippen LogP contribution in [0.1, 0.15) is 44.9 Å². The smallest absolute Gasteiger partial charge is 0.257 e. The van der Waals surface area contributed by atoms with Gasteiger partial charge in [0, 0.05) is 11.5 Å². The average molecular weight is 377 g/mol. The molecule has 4 rings (SSSR count). The topological polar surface area (TPSA) is 96.0 Å². The van der Waals surface area contributed by atoms with Crippen LogP contribution in [0.25, 0.3) is 11.5 Å². The van der Waals surface area contributed by atoms with Crippen LogP contribution in [0.4, 0.5) is 5.13 Å². The number of nitriles is 1. The van der Waals surface area contributed by atoms with Crippen molar-refractivity contribution in [2.45, 2.75) is 19.3 Å². The number of Topliss-reactive ketones (excluding diaryl/α,β-unsaturated/α-hetero) is 1. The predicted octanol–water partition coefficient (Wildman–Crippen LogP) is 4.51. The van der Waals surface area contributed by atoms with Crippen LogP contribution in [-0.4, -0.2) is 16.7 Å². The lowest BCUT2D eigenvalue weighted by Crippen LogP contribution is -2.21. The van der Waals surface area contributed by atoms with Crippen molar-refractivity contribution in [1.29, 1.82) is 5.26 Å². The van der Waals surface area contributed by atoms with Crippen molar-refractivity contribution in [2.75, 3.05) is 5.32 Å². The van der Waals surface area contributed by atoms with Crippen molar-refractivity contribution in [3.63, 3.8) is 0 Å². The lowest BCUT2D eigenvalue weighted by Gasteiger charge is -2.23. The number of hydrogen-bond acceptors (Lipinski definition) is 6. The van der Waals surface area contributed by atoms with Gasteiger partial charge in [-0.25, -0.2) is 4.98 Å². The number of hydrogen-bond donors (Lipinski definition) is 1. The zero-order valence-corrected chi connectivity index (χ0v) is 15.1. The predicted molar refractivity (Wildman–Crippen MR) is 101 cm³/mol. The van der Waals surface area contributed by atoms with Gasteiger partial charge in [0.05, 0.1) is 17.9 Å². The molecule has 0 aliphatic heterocycles. The summed E-state index contributed by atoms with van der Waals surface area (Å²) >= 11 is 1.17. The van der Waals surface area contributed by atoms with E-state index in [1.807, 2.05) is 6.07 Å². The minimum Gasteiger partial charge on any atom is -0.463 e. The molecule has 2 aromatic heterocycles. The van der Waals surface area contributed by atoms with Crippen molar-refractivity contribution in [3.8, 4) is 17.5 Å². The summed E-state index contributed by atoms with van der Waals surface area (Å²) in [5, 5.41) is 11.9. The van der Waals surface area contributed by atoms with E-state index in [0.717, 1.165) is 19.3 Å². The average Bonchev–Trinajstić information content (AvgIpc) is 3.29. The van der Waals surface area contributed by atoms with Gasteiger partial charge >= 0.3 is 0 Å². The number of thiazole rings is 1. The highest BCUT2D eigenvalue weighted by atomic mass is 32.1. The number of rotatable bonds is 5. The lowest BCUT2D eigenvalue weighted by atomic mass is 9.81. The molecule has 27 heavy (non-hydrogen) atoms. The fourth-order valence-electron chi connectivity index (χ4n) is 2.84. The summed E-state index contributed by atoms with van der Waals surface area (Å²) < 4.78 is 5.42. The molecule has 0 unspecified atom stereocenters. The Labute approximate surface area is 159 Å². The largest absolute Gasteiger partial charge is 0.463 e. The molecule has 0 spiro atoms. The highest BCUT2D eigenvalue weighted by molar-refractivity contribution is 7.18. The van der Waals surface area contributed by atoms with Crippen LogP contribution >= 0.6 is 11.3 Å². The van der Waals surface area contributed by atoms with Gasteiger partial charge in [0.1, 0.15) is 10.6 Å². The van der Waals surface area contributed by atoms with Crippen LogP contribution in [-0.2, 0) is 0 Å². The quantitative estimate of drug-likeness (QED) is 0.660. The number of carbonyl (C=O) groups excluding carboxylic acids is 2. The van der Waals surface area contributed by atoms with E-state index in [0.29, 0.717) is 32.6 Å². The van der Waals surface area contributed by atoms with E-state index in [9.17, 15) is 9.59 Å². The summed E-state index contributed by atoms with van der Waals surface area (Å²) in [5.41, 5.74) is 1.36. The molecule has 1 N–H and O–H groups in total. The zero-order valence-electron chi connectivity index (χ0n) is 14.3. The monoisotopic (exact) mass is 377 g/mol. The lowest BCUT2D eigenvalue weighted by molar-refractivity contribution is 0.0859. The molecule has 0 radical (unpaired) electrons. The number of ketones is 1. The molecule has 7 heteroatoms. The van der Waals surface area contributed by atoms with Gasteiger partial charge in [-0.1, -0.05) is 17.8 Å². The normalized spacial score (nSPS) is 13.6. The molecule has 1 amide bonds. The Hall–Kier alpha value is -3.24. The van der Waals surface area contributed by atoms with Crippen molar-refractivity contribution in [3.05, 3.63) is 58.7 Å². The van der Waals surface area contributed by atoms with Crippen LogP contribution in [0, 0.1) is 17.2 Å². The Morgan fingerprint density at radius 2 is 2.00 bits per heavy atom. The molecular formula is C20H15N3O3S. The first-order valence-electron chi connectivity index (χ1n) is 8.56. The number of anilines is 1. The van der Waals surface area contributed by atoms with Crippen molar-refractivity contribution >= 4 is 28.2 Å². The number of nitrogens with zero attached hydrogens (tertiary/aromatic N) is 2. The van der Waals surface area contributed by atoms with Crippen LogP contribution in [0.5, 0.6) is 0 Å². The van der Waals surface area contributed by atoms with E-state index < -0.39 is 0 Å². The van der Waals surface area contributed by atoms with Crippen LogP contribution in [0.15, 0.2) is 47.1 Å². The minimum absolute atomic E-state index is 0.0289. The minimum atomic E-state index is -0.345. The first kappa shape index (κ1) is 17.2. The Morgan fingerprint density at radius 1 is 1.22 bits per heavy atom. The van der Waals surface area contributed by atoms with E-state index >= 15 is 0 Å². The van der Waals surface area contributed by atoms with E-state index in [4.69, 9.17) is 9.68 Å². The number of benzene rings is 1. The third-order valence-electron chi connectivity index (χ3n) is 4.58. The van der Waals surface area contributed by atoms with Gasteiger partial charge in [0.25, 0.3) is 5.91 Å². The van der Waals surface area contributed by atoms with E-state index in [1.54, 1.807) is 36.4 Å². The van der Waals surface area contributed by atoms with Gasteiger partial charge in [0.2, 0.25) is 0 Å². The summed E-state index contributed by atoms with van der Waals surface area (Å²) in [6.07, 6.45) is 4.37. The second-order valence-corrected chi connectivity index (χ2v) is 7.31. The van der Waals surface area contributed by atoms with Gasteiger partial charge in [-0.2, -0.15) is 5.26 Å². The number of carbonyl (C=O) groups is 2. The second-order valence-electron chi connectivity index (χ2n) is 6.31. The molecule has 1 aliphatic carbocycles. The van der Waals surface area contributed by atoms with Gasteiger partial charge in [-0.15, -0.1) is 0 Å². The molecule has 1 aromatic carbocycles. The van der Waals surface area contributed by atoms with Crippen molar-refractivity contribution in [1.82, 2.24) is 4.98 Å². The highest BCUT2D eigenvalue weighted by Crippen LogP contribution is 2.38. The number of aromatic nitrogens is 1. The standard InChI is InChI=1S/C20H15N3O3S/c21-11-12-6-8-14(9-7-12)19(25)23-20-22-16(15-5-2-10-26-15)18(27-20)17(24)13-3-1-4-13/h2,5-10,13H,1,3-4H2,(H,22,23,25). The Kier molecular flexibility index (Phi) is 4.57. The SMILES string of the molecule is N#Cc1ccc(C(=O)Nc2nc(-c3ccco3)c(C(=O)C3CCC3)s2)cc1. The summed E-state index contributed by atoms with van der Waals surface area (Å²) in [6.45, 7) is 0. The maximum Gasteiger partial charge on any atom is 0.257 e. The zero-order chi connectivity index (χ0) is 18.8. The molecule has 6 nitrogen and oxygen atoms in total. The Bertz CT molecular complexity index is 1030. The second kappa shape index (κ2) is 7.17. The molecule has 1 aliphatic rings. The number of amides is 1. The fraction of sp³-hybridized carbons (Fsp3) is 0.200. The van der Waals surface area contributed by atoms with Crippen LogP contribution < -0.4 is 5.32 Å². The molecule has 2 heterocycles. The Morgan fingerprint density at radius 3 is 2.59 bits per heavy atom. The van der Waals surface area contributed by atoms with Crippen molar-refractivity contribution < 1.29 is 14.0 Å². The van der Waals surface area contributed by atoms with Gasteiger partial charge in [-0.3, -0.25) is 14.9 Å². The molecule has 134 valence electrons. The molecule has 1 saturated carbocycles.